The van der Waals surface area contributed by atoms with Crippen molar-refractivity contribution in [2.75, 3.05) is 5.73 Å². The molecule has 0 saturated carbocycles. The first-order chi connectivity index (χ1) is 7.58. The molecule has 5 heteroatoms. The molecule has 5 nitrogen and oxygen atoms in total. The maximum absolute atomic E-state index is 11.1. The first-order valence-corrected chi connectivity index (χ1v) is 5.03. The Morgan fingerprint density at radius 1 is 1.56 bits per heavy atom. The van der Waals surface area contributed by atoms with Gasteiger partial charge >= 0.3 is 0 Å². The minimum Gasteiger partial charge on any atom is -0.506 e. The van der Waals surface area contributed by atoms with E-state index in [9.17, 15) is 9.90 Å². The Morgan fingerprint density at radius 3 is 2.94 bits per heavy atom. The molecule has 1 amide bonds. The van der Waals surface area contributed by atoms with Crippen LogP contribution in [0.4, 0.5) is 5.69 Å². The summed E-state index contributed by atoms with van der Waals surface area (Å²) in [6.07, 6.45) is 0.416. The van der Waals surface area contributed by atoms with Crippen LogP contribution in [-0.4, -0.2) is 16.7 Å². The highest BCUT2D eigenvalue weighted by Gasteiger charge is 2.21. The Hall–Kier alpha value is -2.04. The van der Waals surface area contributed by atoms with Crippen LogP contribution < -0.4 is 11.2 Å². The fourth-order valence-electron chi connectivity index (χ4n) is 1.72. The molecule has 4 N–H and O–H groups in total. The average molecular weight is 219 g/mol. The number of hydrazone groups is 1. The number of rotatable bonds is 1. The Labute approximate surface area is 93.0 Å². The monoisotopic (exact) mass is 219 g/mol. The van der Waals surface area contributed by atoms with Crippen molar-refractivity contribution in [1.29, 1.82) is 0 Å². The molecule has 0 bridgehead atoms. The van der Waals surface area contributed by atoms with Crippen molar-refractivity contribution >= 4 is 17.3 Å². The molecule has 2 rings (SSSR count). The molecular weight excluding hydrogens is 206 g/mol. The quantitative estimate of drug-likeness (QED) is 0.483. The number of carbonyl (C=O) groups excluding carboxylic acids is 1. The highest BCUT2D eigenvalue weighted by molar-refractivity contribution is 6.06. The van der Waals surface area contributed by atoms with Crippen molar-refractivity contribution in [1.82, 2.24) is 5.43 Å². The lowest BCUT2D eigenvalue weighted by atomic mass is 9.94. The van der Waals surface area contributed by atoms with Gasteiger partial charge in [0.2, 0.25) is 5.91 Å². The van der Waals surface area contributed by atoms with Gasteiger partial charge in [-0.3, -0.25) is 4.79 Å². The summed E-state index contributed by atoms with van der Waals surface area (Å²) >= 11 is 0. The fourth-order valence-corrected chi connectivity index (χ4v) is 1.72. The van der Waals surface area contributed by atoms with E-state index in [0.717, 1.165) is 11.3 Å². The van der Waals surface area contributed by atoms with E-state index in [1.54, 1.807) is 12.1 Å². The number of phenols is 1. The van der Waals surface area contributed by atoms with Crippen LogP contribution in [-0.2, 0) is 4.79 Å². The topological polar surface area (TPSA) is 87.7 Å². The molecule has 0 spiro atoms. The second-order valence-electron chi connectivity index (χ2n) is 3.91. The van der Waals surface area contributed by atoms with Gasteiger partial charge in [-0.15, -0.1) is 0 Å². The standard InChI is InChI=1S/C11H13N3O2/c1-6-4-10(16)13-14-11(6)7-2-3-9(15)8(12)5-7/h2-3,5-6,15H,4,12H2,1H3,(H,13,16). The first-order valence-electron chi connectivity index (χ1n) is 5.03. The predicted octanol–water partition coefficient (Wildman–Crippen LogP) is 0.835. The van der Waals surface area contributed by atoms with Crippen molar-refractivity contribution in [2.45, 2.75) is 13.3 Å². The van der Waals surface area contributed by atoms with Gasteiger partial charge in [-0.25, -0.2) is 5.43 Å². The lowest BCUT2D eigenvalue weighted by molar-refractivity contribution is -0.121. The van der Waals surface area contributed by atoms with Crippen molar-refractivity contribution < 1.29 is 9.90 Å². The van der Waals surface area contributed by atoms with E-state index < -0.39 is 0 Å². The number of hydrogen-bond acceptors (Lipinski definition) is 4. The van der Waals surface area contributed by atoms with Crippen LogP contribution >= 0.6 is 0 Å². The third-order valence-electron chi connectivity index (χ3n) is 2.58. The van der Waals surface area contributed by atoms with Gasteiger partial charge in [0, 0.05) is 17.9 Å². The van der Waals surface area contributed by atoms with Gasteiger partial charge in [0.05, 0.1) is 11.4 Å². The Bertz CT molecular complexity index is 468. The van der Waals surface area contributed by atoms with Gasteiger partial charge in [0.25, 0.3) is 0 Å². The number of hydrogen-bond donors (Lipinski definition) is 3. The number of nitrogens with two attached hydrogens (primary N) is 1. The molecule has 0 aromatic heterocycles. The lowest BCUT2D eigenvalue weighted by Gasteiger charge is -2.19. The third kappa shape index (κ3) is 1.84. The van der Waals surface area contributed by atoms with Crippen LogP contribution in [0.2, 0.25) is 0 Å². The minimum atomic E-state index is -0.0806. The van der Waals surface area contributed by atoms with Crippen molar-refractivity contribution in [2.24, 2.45) is 11.0 Å². The normalized spacial score (nSPS) is 20.2. The number of nitrogen functional groups attached to an aromatic ring is 1. The van der Waals surface area contributed by atoms with Crippen LogP contribution in [0.1, 0.15) is 18.9 Å². The van der Waals surface area contributed by atoms with Crippen LogP contribution in [0.15, 0.2) is 23.3 Å². The molecule has 0 aliphatic carbocycles. The van der Waals surface area contributed by atoms with E-state index in [1.807, 2.05) is 6.92 Å². The molecule has 1 aromatic rings. The van der Waals surface area contributed by atoms with E-state index in [1.165, 1.54) is 6.07 Å². The second-order valence-corrected chi connectivity index (χ2v) is 3.91. The van der Waals surface area contributed by atoms with Crippen molar-refractivity contribution in [3.8, 4) is 5.75 Å². The molecular formula is C11H13N3O2. The molecule has 16 heavy (non-hydrogen) atoms. The number of anilines is 1. The molecule has 1 aliphatic heterocycles. The number of aromatic hydroxyl groups is 1. The number of nitrogens with one attached hydrogen (secondary N) is 1. The number of nitrogens with zero attached hydrogens (tertiary/aromatic N) is 1. The summed E-state index contributed by atoms with van der Waals surface area (Å²) in [6, 6.07) is 4.91. The lowest BCUT2D eigenvalue weighted by Crippen LogP contribution is -2.31. The van der Waals surface area contributed by atoms with Gasteiger partial charge in [-0.1, -0.05) is 6.92 Å². The van der Waals surface area contributed by atoms with Gasteiger partial charge in [-0.05, 0) is 18.2 Å². The zero-order valence-electron chi connectivity index (χ0n) is 8.90. The van der Waals surface area contributed by atoms with Gasteiger partial charge < -0.3 is 10.8 Å². The Kier molecular flexibility index (Phi) is 2.52. The number of amides is 1. The molecule has 84 valence electrons. The molecule has 1 heterocycles. The smallest absolute Gasteiger partial charge is 0.240 e. The molecule has 0 saturated heterocycles. The first kappa shape index (κ1) is 10.5. The van der Waals surface area contributed by atoms with Gasteiger partial charge in [0.15, 0.2) is 0 Å². The maximum Gasteiger partial charge on any atom is 0.240 e. The van der Waals surface area contributed by atoms with Gasteiger partial charge in [-0.2, -0.15) is 5.10 Å². The molecule has 0 fully saturated rings. The summed E-state index contributed by atoms with van der Waals surface area (Å²) in [5.41, 5.74) is 9.96. The van der Waals surface area contributed by atoms with Crippen molar-refractivity contribution in [3.63, 3.8) is 0 Å². The van der Waals surface area contributed by atoms with Crippen molar-refractivity contribution in [3.05, 3.63) is 23.8 Å². The zero-order valence-corrected chi connectivity index (χ0v) is 8.90. The van der Waals surface area contributed by atoms with E-state index in [0.29, 0.717) is 12.1 Å². The summed E-state index contributed by atoms with van der Waals surface area (Å²) in [6.45, 7) is 1.93. The van der Waals surface area contributed by atoms with E-state index in [-0.39, 0.29) is 17.6 Å². The van der Waals surface area contributed by atoms with Crippen LogP contribution in [0, 0.1) is 5.92 Å². The average Bonchev–Trinajstić information content (AvgIpc) is 2.22. The van der Waals surface area contributed by atoms with Crippen LogP contribution in [0.3, 0.4) is 0 Å². The van der Waals surface area contributed by atoms with Crippen LogP contribution in [0.5, 0.6) is 5.75 Å². The largest absolute Gasteiger partial charge is 0.506 e. The van der Waals surface area contributed by atoms with E-state index >= 15 is 0 Å². The summed E-state index contributed by atoms with van der Waals surface area (Å²) in [5.74, 6) is 0.0255. The SMILES string of the molecule is CC1CC(=O)NN=C1c1ccc(O)c(N)c1. The summed E-state index contributed by atoms with van der Waals surface area (Å²) in [4.78, 5) is 11.1. The van der Waals surface area contributed by atoms with Crippen LogP contribution in [0.25, 0.3) is 0 Å². The maximum atomic E-state index is 11.1. The molecule has 1 aliphatic rings. The van der Waals surface area contributed by atoms with E-state index in [2.05, 4.69) is 10.5 Å². The van der Waals surface area contributed by atoms with E-state index in [4.69, 9.17) is 5.73 Å². The number of carbonyl (C=O) groups is 1. The highest BCUT2D eigenvalue weighted by atomic mass is 16.3. The fraction of sp³-hybridized carbons (Fsp3) is 0.273. The molecule has 0 radical (unpaired) electrons. The Morgan fingerprint density at radius 2 is 2.31 bits per heavy atom. The van der Waals surface area contributed by atoms with Gasteiger partial charge in [0.1, 0.15) is 5.75 Å². The molecule has 1 unspecified atom stereocenters. The number of phenolic OH excluding ortho intramolecular Hbond substituents is 1. The minimum absolute atomic E-state index is 0.0526. The highest BCUT2D eigenvalue weighted by Crippen LogP contribution is 2.24. The summed E-state index contributed by atoms with van der Waals surface area (Å²) in [7, 11) is 0. The number of benzene rings is 1. The second kappa shape index (κ2) is 3.84. The molecule has 1 aromatic carbocycles. The zero-order chi connectivity index (χ0) is 11.7. The predicted molar refractivity (Wildman–Crippen MR) is 61.0 cm³/mol. The summed E-state index contributed by atoms with van der Waals surface area (Å²) < 4.78 is 0. The third-order valence-corrected chi connectivity index (χ3v) is 2.58. The molecule has 1 atom stereocenters. The summed E-state index contributed by atoms with van der Waals surface area (Å²) in [5, 5.41) is 13.3. The Balaban J connectivity index is 2.37.